The number of amides is 2. The summed E-state index contributed by atoms with van der Waals surface area (Å²) in [7, 11) is 0. The van der Waals surface area contributed by atoms with Crippen molar-refractivity contribution in [2.45, 2.75) is 26.9 Å². The maximum Gasteiger partial charge on any atom is 0.268 e. The Labute approximate surface area is 208 Å². The summed E-state index contributed by atoms with van der Waals surface area (Å²) in [6.45, 7) is 5.55. The van der Waals surface area contributed by atoms with Crippen molar-refractivity contribution in [3.63, 3.8) is 0 Å². The van der Waals surface area contributed by atoms with E-state index in [2.05, 4.69) is 5.32 Å². The molecule has 0 radical (unpaired) electrons. The van der Waals surface area contributed by atoms with Gasteiger partial charge in [-0.3, -0.25) is 14.5 Å². The van der Waals surface area contributed by atoms with Crippen LogP contribution in [0.15, 0.2) is 72.1 Å². The van der Waals surface area contributed by atoms with Gasteiger partial charge in [-0.05, 0) is 56.2 Å². The summed E-state index contributed by atoms with van der Waals surface area (Å²) in [6.07, 6.45) is -0.675. The van der Waals surface area contributed by atoms with E-state index in [1.54, 1.807) is 18.3 Å². The van der Waals surface area contributed by atoms with Gasteiger partial charge in [-0.25, -0.2) is 4.98 Å². The van der Waals surface area contributed by atoms with Crippen LogP contribution < -0.4 is 15.0 Å². The zero-order chi connectivity index (χ0) is 24.5. The number of hydrogen-bond acceptors (Lipinski definition) is 5. The highest BCUT2D eigenvalue weighted by atomic mass is 32.1. The molecular formula is C28H25N3O3S. The Bertz CT molecular complexity index is 1410. The van der Waals surface area contributed by atoms with Crippen molar-refractivity contribution < 1.29 is 14.3 Å². The molecule has 1 atom stereocenters. The number of carbonyl (C=O) groups is 2. The second kappa shape index (κ2) is 9.35. The summed E-state index contributed by atoms with van der Waals surface area (Å²) < 4.78 is 5.83. The van der Waals surface area contributed by atoms with Crippen LogP contribution in [0.4, 0.5) is 11.4 Å². The Morgan fingerprint density at radius 2 is 1.86 bits per heavy atom. The molecule has 3 aromatic carbocycles. The number of hydrogen-bond donors (Lipinski definition) is 1. The molecule has 5 rings (SSSR count). The first-order valence-corrected chi connectivity index (χ1v) is 12.3. The number of benzene rings is 3. The minimum Gasteiger partial charge on any atom is -0.479 e. The molecule has 2 heterocycles. The van der Waals surface area contributed by atoms with E-state index in [0.29, 0.717) is 11.4 Å². The zero-order valence-corrected chi connectivity index (χ0v) is 20.6. The van der Waals surface area contributed by atoms with Gasteiger partial charge in [0.2, 0.25) is 5.91 Å². The average Bonchev–Trinajstić information content (AvgIpc) is 3.36. The summed E-state index contributed by atoms with van der Waals surface area (Å²) in [6, 6.07) is 21.4. The van der Waals surface area contributed by atoms with Crippen molar-refractivity contribution in [3.05, 3.63) is 83.2 Å². The van der Waals surface area contributed by atoms with Crippen LogP contribution in [-0.4, -0.2) is 29.4 Å². The van der Waals surface area contributed by atoms with E-state index in [4.69, 9.17) is 9.72 Å². The van der Waals surface area contributed by atoms with Crippen LogP contribution in [0.3, 0.4) is 0 Å². The van der Waals surface area contributed by atoms with E-state index in [-0.39, 0.29) is 18.4 Å². The Balaban J connectivity index is 1.43. The number of nitrogens with one attached hydrogen (secondary N) is 1. The second-order valence-electron chi connectivity index (χ2n) is 8.57. The molecule has 1 unspecified atom stereocenters. The highest BCUT2D eigenvalue weighted by molar-refractivity contribution is 7.13. The van der Waals surface area contributed by atoms with Gasteiger partial charge in [0.1, 0.15) is 17.3 Å². The number of nitrogens with zero attached hydrogens (tertiary/aromatic N) is 2. The van der Waals surface area contributed by atoms with Gasteiger partial charge in [-0.15, -0.1) is 11.3 Å². The first-order valence-electron chi connectivity index (χ1n) is 11.4. The number of carbonyl (C=O) groups excluding carboxylic acids is 2. The van der Waals surface area contributed by atoms with Crippen molar-refractivity contribution in [2.24, 2.45) is 0 Å². The molecule has 2 amide bonds. The highest BCUT2D eigenvalue weighted by Crippen LogP contribution is 2.38. The topological polar surface area (TPSA) is 71.5 Å². The fourth-order valence-electron chi connectivity index (χ4n) is 4.07. The minimum absolute atomic E-state index is 0.108. The maximum atomic E-state index is 13.0. The van der Waals surface area contributed by atoms with Gasteiger partial charge in [0, 0.05) is 22.2 Å². The third kappa shape index (κ3) is 4.55. The van der Waals surface area contributed by atoms with E-state index >= 15 is 0 Å². The molecule has 6 nitrogen and oxygen atoms in total. The summed E-state index contributed by atoms with van der Waals surface area (Å²) in [5, 5.41) is 5.86. The maximum absolute atomic E-state index is 13.0. The molecule has 0 saturated carbocycles. The lowest BCUT2D eigenvalue weighted by Crippen LogP contribution is -2.47. The standard InChI is InChI=1S/C28H25N3O3S/c1-17-8-7-11-22(18(17)2)29-26(32)15-31-24-14-21(12-13-25(24)34-19(3)28(31)33)23-16-35-27(30-23)20-9-5-4-6-10-20/h4-14,16,19H,15H2,1-3H3,(H,29,32). The summed E-state index contributed by atoms with van der Waals surface area (Å²) in [5.41, 5.74) is 6.12. The van der Waals surface area contributed by atoms with Crippen LogP contribution in [0, 0.1) is 13.8 Å². The lowest BCUT2D eigenvalue weighted by atomic mass is 10.1. The molecule has 7 heteroatoms. The Kier molecular flexibility index (Phi) is 6.09. The number of ether oxygens (including phenoxy) is 1. The van der Waals surface area contributed by atoms with Crippen LogP contribution in [0.25, 0.3) is 21.8 Å². The Morgan fingerprint density at radius 1 is 1.06 bits per heavy atom. The van der Waals surface area contributed by atoms with E-state index in [1.165, 1.54) is 4.90 Å². The van der Waals surface area contributed by atoms with Crippen LogP contribution >= 0.6 is 11.3 Å². The van der Waals surface area contributed by atoms with Gasteiger partial charge in [0.25, 0.3) is 5.91 Å². The molecule has 4 aromatic rings. The van der Waals surface area contributed by atoms with Crippen molar-refractivity contribution >= 4 is 34.5 Å². The van der Waals surface area contributed by atoms with Gasteiger partial charge in [-0.1, -0.05) is 42.5 Å². The molecule has 1 aromatic heterocycles. The van der Waals surface area contributed by atoms with E-state index < -0.39 is 6.10 Å². The molecule has 0 fully saturated rings. The summed E-state index contributed by atoms with van der Waals surface area (Å²) in [4.78, 5) is 32.3. The van der Waals surface area contributed by atoms with Gasteiger partial charge in [0.15, 0.2) is 6.10 Å². The fourth-order valence-corrected chi connectivity index (χ4v) is 4.90. The number of aromatic nitrogens is 1. The number of thiazole rings is 1. The number of rotatable bonds is 5. The molecule has 35 heavy (non-hydrogen) atoms. The number of fused-ring (bicyclic) bond motifs is 1. The second-order valence-corrected chi connectivity index (χ2v) is 9.42. The van der Waals surface area contributed by atoms with Gasteiger partial charge >= 0.3 is 0 Å². The zero-order valence-electron chi connectivity index (χ0n) is 19.7. The van der Waals surface area contributed by atoms with Crippen molar-refractivity contribution in [1.29, 1.82) is 0 Å². The molecule has 0 spiro atoms. The minimum atomic E-state index is -0.675. The predicted molar refractivity (Wildman–Crippen MR) is 140 cm³/mol. The van der Waals surface area contributed by atoms with E-state index in [1.807, 2.05) is 86.0 Å². The van der Waals surface area contributed by atoms with Gasteiger partial charge < -0.3 is 10.1 Å². The smallest absolute Gasteiger partial charge is 0.268 e. The average molecular weight is 484 g/mol. The number of aryl methyl sites for hydroxylation is 1. The van der Waals surface area contributed by atoms with Crippen LogP contribution in [0.1, 0.15) is 18.1 Å². The molecule has 1 N–H and O–H groups in total. The highest BCUT2D eigenvalue weighted by Gasteiger charge is 2.33. The Morgan fingerprint density at radius 3 is 2.66 bits per heavy atom. The predicted octanol–water partition coefficient (Wildman–Crippen LogP) is 5.85. The fraction of sp³-hybridized carbons (Fsp3) is 0.179. The number of anilines is 2. The van der Waals surface area contributed by atoms with Gasteiger partial charge in [0.05, 0.1) is 11.4 Å². The van der Waals surface area contributed by atoms with Crippen molar-refractivity contribution in [3.8, 4) is 27.6 Å². The molecule has 1 aliphatic heterocycles. The summed E-state index contributed by atoms with van der Waals surface area (Å²) in [5.74, 6) is 0.0467. The molecule has 0 bridgehead atoms. The molecule has 0 saturated heterocycles. The quantitative estimate of drug-likeness (QED) is 0.387. The van der Waals surface area contributed by atoms with E-state index in [9.17, 15) is 9.59 Å². The molecule has 0 aliphatic carbocycles. The first-order chi connectivity index (χ1) is 16.9. The molecule has 1 aliphatic rings. The SMILES string of the molecule is Cc1cccc(NC(=O)CN2C(=O)C(C)Oc3ccc(-c4csc(-c5ccccc5)n4)cc32)c1C. The third-order valence-corrected chi connectivity index (χ3v) is 7.06. The van der Waals surface area contributed by atoms with E-state index in [0.717, 1.165) is 38.6 Å². The normalized spacial score (nSPS) is 14.9. The first kappa shape index (κ1) is 22.8. The lowest BCUT2D eigenvalue weighted by molar-refractivity contribution is -0.127. The van der Waals surface area contributed by atoms with Crippen molar-refractivity contribution in [2.75, 3.05) is 16.8 Å². The lowest BCUT2D eigenvalue weighted by Gasteiger charge is -2.33. The van der Waals surface area contributed by atoms with Crippen LogP contribution in [0.5, 0.6) is 5.75 Å². The summed E-state index contributed by atoms with van der Waals surface area (Å²) >= 11 is 1.56. The molecular weight excluding hydrogens is 458 g/mol. The van der Waals surface area contributed by atoms with Crippen LogP contribution in [-0.2, 0) is 9.59 Å². The van der Waals surface area contributed by atoms with Crippen LogP contribution in [0.2, 0.25) is 0 Å². The third-order valence-electron chi connectivity index (χ3n) is 6.17. The van der Waals surface area contributed by atoms with Crippen molar-refractivity contribution in [1.82, 2.24) is 4.98 Å². The largest absolute Gasteiger partial charge is 0.479 e. The van der Waals surface area contributed by atoms with Gasteiger partial charge in [-0.2, -0.15) is 0 Å². The molecule has 176 valence electrons. The monoisotopic (exact) mass is 483 g/mol. The Hall–Kier alpha value is -3.97.